The summed E-state index contributed by atoms with van der Waals surface area (Å²) in [5.74, 6) is -0.669. The Morgan fingerprint density at radius 2 is 1.72 bits per heavy atom. The number of aromatic nitrogens is 3. The molecular weight excluding hydrogens is 399 g/mol. The average molecular weight is 420 g/mol. The van der Waals surface area contributed by atoms with E-state index in [4.69, 9.17) is 9.47 Å². The lowest BCUT2D eigenvalue weighted by Crippen LogP contribution is -2.30. The maximum absolute atomic E-state index is 14.5. The minimum Gasteiger partial charge on any atom is -0.493 e. The summed E-state index contributed by atoms with van der Waals surface area (Å²) < 4.78 is 53.5. The molecule has 29 heavy (non-hydrogen) atoms. The number of benzene rings is 2. The number of ether oxygens (including phenoxy) is 2. The first-order chi connectivity index (χ1) is 13.8. The van der Waals surface area contributed by atoms with E-state index in [0.717, 1.165) is 27.7 Å². The molecule has 1 heterocycles. The summed E-state index contributed by atoms with van der Waals surface area (Å²) >= 11 is 0. The molecular formula is C19H21FN4O4S. The molecule has 1 unspecified atom stereocenters. The molecule has 0 N–H and O–H groups in total. The fourth-order valence-electron chi connectivity index (χ4n) is 2.85. The molecule has 10 heteroatoms. The standard InChI is InChI=1S/C19H21FN4O4S/c1-13(14-5-7-15(8-6-14)24-12-21-11-22-24)23(2)29(25,26)19-10-18(28-4)17(27-3)9-16(19)20/h5-13H,1-4H3. The topological polar surface area (TPSA) is 86.6 Å². The predicted molar refractivity (Wildman–Crippen MR) is 104 cm³/mol. The number of nitrogens with zero attached hydrogens (tertiary/aromatic N) is 4. The maximum Gasteiger partial charge on any atom is 0.246 e. The number of halogens is 1. The highest BCUT2D eigenvalue weighted by Crippen LogP contribution is 2.34. The summed E-state index contributed by atoms with van der Waals surface area (Å²) in [4.78, 5) is 3.41. The van der Waals surface area contributed by atoms with E-state index < -0.39 is 26.8 Å². The minimum atomic E-state index is -4.13. The summed E-state index contributed by atoms with van der Waals surface area (Å²) in [6.45, 7) is 1.72. The third-order valence-electron chi connectivity index (χ3n) is 4.70. The summed E-state index contributed by atoms with van der Waals surface area (Å²) in [6, 6.07) is 8.77. The van der Waals surface area contributed by atoms with Gasteiger partial charge in [-0.3, -0.25) is 0 Å². The van der Waals surface area contributed by atoms with Crippen LogP contribution in [0.4, 0.5) is 4.39 Å². The van der Waals surface area contributed by atoms with Gasteiger partial charge in [0.1, 0.15) is 23.4 Å². The fourth-order valence-corrected chi connectivity index (χ4v) is 4.26. The summed E-state index contributed by atoms with van der Waals surface area (Å²) in [7, 11) is -0.0223. The van der Waals surface area contributed by atoms with Gasteiger partial charge in [-0.25, -0.2) is 22.5 Å². The molecule has 0 saturated heterocycles. The molecule has 0 aliphatic heterocycles. The van der Waals surface area contributed by atoms with Crippen molar-refractivity contribution in [3.63, 3.8) is 0 Å². The van der Waals surface area contributed by atoms with E-state index in [1.165, 1.54) is 27.6 Å². The van der Waals surface area contributed by atoms with Crippen molar-refractivity contribution in [1.82, 2.24) is 19.1 Å². The van der Waals surface area contributed by atoms with Crippen LogP contribution < -0.4 is 9.47 Å². The van der Waals surface area contributed by atoms with Crippen molar-refractivity contribution in [2.75, 3.05) is 21.3 Å². The van der Waals surface area contributed by atoms with Crippen LogP contribution in [0.3, 0.4) is 0 Å². The number of hydrogen-bond acceptors (Lipinski definition) is 6. The SMILES string of the molecule is COc1cc(F)c(S(=O)(=O)N(C)C(C)c2ccc(-n3cncn3)cc2)cc1OC. The molecule has 0 spiro atoms. The van der Waals surface area contributed by atoms with Gasteiger partial charge < -0.3 is 9.47 Å². The summed E-state index contributed by atoms with van der Waals surface area (Å²) in [6.07, 6.45) is 2.99. The van der Waals surface area contributed by atoms with Crippen molar-refractivity contribution < 1.29 is 22.3 Å². The molecule has 0 fully saturated rings. The van der Waals surface area contributed by atoms with E-state index in [9.17, 15) is 12.8 Å². The van der Waals surface area contributed by atoms with Crippen LogP contribution in [-0.4, -0.2) is 48.8 Å². The second-order valence-corrected chi connectivity index (χ2v) is 8.23. The molecule has 8 nitrogen and oxygen atoms in total. The van der Waals surface area contributed by atoms with Crippen LogP contribution in [0.1, 0.15) is 18.5 Å². The second-order valence-electron chi connectivity index (χ2n) is 6.27. The monoisotopic (exact) mass is 420 g/mol. The van der Waals surface area contributed by atoms with Crippen LogP contribution in [0.25, 0.3) is 5.69 Å². The lowest BCUT2D eigenvalue weighted by molar-refractivity contribution is 0.349. The Morgan fingerprint density at radius 3 is 2.28 bits per heavy atom. The quantitative estimate of drug-likeness (QED) is 0.584. The summed E-state index contributed by atoms with van der Waals surface area (Å²) in [5.41, 5.74) is 1.52. The zero-order valence-corrected chi connectivity index (χ0v) is 17.2. The molecule has 0 radical (unpaired) electrons. The van der Waals surface area contributed by atoms with E-state index >= 15 is 0 Å². The normalized spacial score (nSPS) is 12.8. The number of methoxy groups -OCH3 is 2. The van der Waals surface area contributed by atoms with Crippen molar-refractivity contribution in [1.29, 1.82) is 0 Å². The average Bonchev–Trinajstić information content (AvgIpc) is 3.27. The molecule has 2 aromatic carbocycles. The van der Waals surface area contributed by atoms with Crippen LogP contribution in [0, 0.1) is 5.82 Å². The summed E-state index contributed by atoms with van der Waals surface area (Å²) in [5, 5.41) is 4.05. The Hall–Kier alpha value is -2.98. The van der Waals surface area contributed by atoms with Crippen molar-refractivity contribution >= 4 is 10.0 Å². The third kappa shape index (κ3) is 3.94. The third-order valence-corrected chi connectivity index (χ3v) is 6.64. The van der Waals surface area contributed by atoms with E-state index in [-0.39, 0.29) is 11.5 Å². The van der Waals surface area contributed by atoms with E-state index in [2.05, 4.69) is 10.1 Å². The molecule has 1 atom stereocenters. The Bertz CT molecular complexity index is 1090. The van der Waals surface area contributed by atoms with Gasteiger partial charge in [-0.1, -0.05) is 12.1 Å². The van der Waals surface area contributed by atoms with Crippen molar-refractivity contribution in [3.8, 4) is 17.2 Å². The van der Waals surface area contributed by atoms with Crippen LogP contribution in [0.5, 0.6) is 11.5 Å². The van der Waals surface area contributed by atoms with Gasteiger partial charge in [0.05, 0.1) is 19.9 Å². The van der Waals surface area contributed by atoms with Crippen molar-refractivity contribution in [2.24, 2.45) is 0 Å². The van der Waals surface area contributed by atoms with Crippen LogP contribution in [0.15, 0.2) is 53.9 Å². The van der Waals surface area contributed by atoms with Gasteiger partial charge in [0.2, 0.25) is 10.0 Å². The molecule has 0 aliphatic carbocycles. The fraction of sp³-hybridized carbons (Fsp3) is 0.263. The first-order valence-electron chi connectivity index (χ1n) is 8.64. The molecule has 0 aliphatic rings. The largest absolute Gasteiger partial charge is 0.493 e. The van der Waals surface area contributed by atoms with Crippen LogP contribution in [-0.2, 0) is 10.0 Å². The zero-order chi connectivity index (χ0) is 21.2. The number of sulfonamides is 1. The molecule has 1 aromatic heterocycles. The number of hydrogen-bond donors (Lipinski definition) is 0. The lowest BCUT2D eigenvalue weighted by Gasteiger charge is -2.25. The zero-order valence-electron chi connectivity index (χ0n) is 16.4. The molecule has 3 rings (SSSR count). The first-order valence-corrected chi connectivity index (χ1v) is 10.1. The van der Waals surface area contributed by atoms with Gasteiger partial charge in [-0.15, -0.1) is 0 Å². The molecule has 3 aromatic rings. The predicted octanol–water partition coefficient (Wildman–Crippen LogP) is 2.81. The Kier molecular flexibility index (Phi) is 5.85. The minimum absolute atomic E-state index is 0.114. The molecule has 154 valence electrons. The van der Waals surface area contributed by atoms with Gasteiger partial charge in [-0.05, 0) is 24.6 Å². The smallest absolute Gasteiger partial charge is 0.246 e. The number of rotatable bonds is 7. The first kappa shape index (κ1) is 20.7. The highest BCUT2D eigenvalue weighted by molar-refractivity contribution is 7.89. The molecule has 0 bridgehead atoms. The van der Waals surface area contributed by atoms with Gasteiger partial charge >= 0.3 is 0 Å². The van der Waals surface area contributed by atoms with E-state index in [1.54, 1.807) is 42.2 Å². The highest BCUT2D eigenvalue weighted by atomic mass is 32.2. The second kappa shape index (κ2) is 8.18. The van der Waals surface area contributed by atoms with Gasteiger partial charge in [0.25, 0.3) is 0 Å². The van der Waals surface area contributed by atoms with Crippen molar-refractivity contribution in [3.05, 3.63) is 60.4 Å². The van der Waals surface area contributed by atoms with Gasteiger partial charge in [0.15, 0.2) is 11.5 Å². The van der Waals surface area contributed by atoms with Crippen LogP contribution >= 0.6 is 0 Å². The molecule has 0 amide bonds. The Balaban J connectivity index is 1.91. The van der Waals surface area contributed by atoms with Gasteiger partial charge in [-0.2, -0.15) is 9.40 Å². The van der Waals surface area contributed by atoms with E-state index in [0.29, 0.717) is 0 Å². The van der Waals surface area contributed by atoms with Gasteiger partial charge in [0, 0.05) is 25.2 Å². The molecule has 0 saturated carbocycles. The van der Waals surface area contributed by atoms with Crippen molar-refractivity contribution in [2.45, 2.75) is 17.9 Å². The lowest BCUT2D eigenvalue weighted by atomic mass is 10.1. The Labute approximate surface area is 168 Å². The Morgan fingerprint density at radius 1 is 1.10 bits per heavy atom. The van der Waals surface area contributed by atoms with E-state index in [1.807, 2.05) is 0 Å². The van der Waals surface area contributed by atoms with Crippen LogP contribution in [0.2, 0.25) is 0 Å². The highest BCUT2D eigenvalue weighted by Gasteiger charge is 2.30. The maximum atomic E-state index is 14.5.